The van der Waals surface area contributed by atoms with Crippen LogP contribution in [0.25, 0.3) is 11.0 Å². The largest absolute Gasteiger partial charge is 0.396 e. The Kier molecular flexibility index (Phi) is 6.46. The van der Waals surface area contributed by atoms with Gasteiger partial charge >= 0.3 is 0 Å². The molecule has 3 fully saturated rings. The van der Waals surface area contributed by atoms with Gasteiger partial charge in [-0.3, -0.25) is 14.4 Å². The van der Waals surface area contributed by atoms with Crippen LogP contribution in [0.5, 0.6) is 0 Å². The van der Waals surface area contributed by atoms with E-state index >= 15 is 0 Å². The quantitative estimate of drug-likeness (QED) is 0.407. The number of hydrogen-bond donors (Lipinski definition) is 3. The van der Waals surface area contributed by atoms with Gasteiger partial charge in [0.05, 0.1) is 23.0 Å². The highest BCUT2D eigenvalue weighted by Crippen LogP contribution is 2.64. The van der Waals surface area contributed by atoms with Crippen molar-refractivity contribution in [3.63, 3.8) is 0 Å². The standard InChI is InChI=1S/C25H34N6O5/c1-3-24-11-12-25(36-24)19(18(24)21(33)26-2)23(35)30(13-7-4-8-14-32)20(25)22(34)27-15-31-17-10-6-5-9-16(17)28-29-31/h5-6,9-10,18-20,32H,3-4,7-8,11-15H2,1-2H3,(H,26,33)(H,27,34)/t18-,19-,20?,24+,25?/m0/s1. The molecule has 1 spiro atoms. The second kappa shape index (κ2) is 9.44. The van der Waals surface area contributed by atoms with Crippen LogP contribution >= 0.6 is 0 Å². The summed E-state index contributed by atoms with van der Waals surface area (Å²) in [4.78, 5) is 42.3. The number of aliphatic hydroxyl groups excluding tert-OH is 1. The van der Waals surface area contributed by atoms with Crippen LogP contribution in [0.2, 0.25) is 0 Å². The SMILES string of the molecule is CC[C@]12CCC3(O1)C(C(=O)NCn1nnc4ccccc41)N(CCCCCO)C(=O)[C@@H]3[C@H]2C(=O)NC. The molecule has 2 aromatic rings. The summed E-state index contributed by atoms with van der Waals surface area (Å²) in [6.45, 7) is 2.51. The number of rotatable bonds is 10. The third-order valence-corrected chi connectivity index (χ3v) is 8.34. The first-order valence-electron chi connectivity index (χ1n) is 12.8. The minimum absolute atomic E-state index is 0.0805. The number of aromatic nitrogens is 3. The molecule has 5 rings (SSSR count). The van der Waals surface area contributed by atoms with E-state index in [9.17, 15) is 14.4 Å². The van der Waals surface area contributed by atoms with E-state index in [4.69, 9.17) is 9.84 Å². The number of carbonyl (C=O) groups is 3. The van der Waals surface area contributed by atoms with E-state index in [0.29, 0.717) is 38.6 Å². The van der Waals surface area contributed by atoms with Crippen molar-refractivity contribution < 1.29 is 24.2 Å². The highest BCUT2D eigenvalue weighted by Gasteiger charge is 2.78. The maximum Gasteiger partial charge on any atom is 0.247 e. The van der Waals surface area contributed by atoms with Crippen molar-refractivity contribution in [2.24, 2.45) is 11.8 Å². The first-order valence-corrected chi connectivity index (χ1v) is 12.8. The number of nitrogens with zero attached hydrogens (tertiary/aromatic N) is 4. The van der Waals surface area contributed by atoms with Gasteiger partial charge in [-0.1, -0.05) is 24.3 Å². The number of hydrogen-bond acceptors (Lipinski definition) is 7. The van der Waals surface area contributed by atoms with Gasteiger partial charge in [0.25, 0.3) is 0 Å². The Labute approximate surface area is 209 Å². The highest BCUT2D eigenvalue weighted by atomic mass is 16.5. The van der Waals surface area contributed by atoms with Gasteiger partial charge in [-0.15, -0.1) is 5.10 Å². The van der Waals surface area contributed by atoms with Crippen molar-refractivity contribution in [2.45, 2.75) is 69.4 Å². The summed E-state index contributed by atoms with van der Waals surface area (Å²) in [5.74, 6) is -2.07. The van der Waals surface area contributed by atoms with E-state index < -0.39 is 29.1 Å². The monoisotopic (exact) mass is 498 g/mol. The van der Waals surface area contributed by atoms with Crippen LogP contribution in [0.15, 0.2) is 24.3 Å². The fraction of sp³-hybridized carbons (Fsp3) is 0.640. The van der Waals surface area contributed by atoms with Gasteiger partial charge in [-0.25, -0.2) is 4.68 Å². The third kappa shape index (κ3) is 3.59. The molecule has 3 saturated heterocycles. The molecule has 0 saturated carbocycles. The molecule has 0 aliphatic carbocycles. The van der Waals surface area contributed by atoms with Crippen LogP contribution in [-0.2, 0) is 25.8 Å². The number of amides is 3. The summed E-state index contributed by atoms with van der Waals surface area (Å²) in [7, 11) is 1.57. The lowest BCUT2D eigenvalue weighted by molar-refractivity contribution is -0.147. The van der Waals surface area contributed by atoms with Crippen molar-refractivity contribution in [1.29, 1.82) is 0 Å². The molecule has 5 atom stereocenters. The minimum Gasteiger partial charge on any atom is -0.396 e. The number of benzene rings is 1. The second-order valence-corrected chi connectivity index (χ2v) is 10.0. The molecule has 3 aliphatic heterocycles. The number of carbonyl (C=O) groups excluding carboxylic acids is 3. The minimum atomic E-state index is -1.05. The Morgan fingerprint density at radius 3 is 2.75 bits per heavy atom. The van der Waals surface area contributed by atoms with E-state index in [1.54, 1.807) is 16.6 Å². The number of likely N-dealkylation sites (tertiary alicyclic amines) is 1. The Morgan fingerprint density at radius 1 is 1.19 bits per heavy atom. The molecule has 3 N–H and O–H groups in total. The van der Waals surface area contributed by atoms with E-state index in [1.165, 1.54) is 0 Å². The predicted octanol–water partition coefficient (Wildman–Crippen LogP) is 0.568. The molecule has 3 aliphatic rings. The number of unbranched alkanes of at least 4 members (excludes halogenated alkanes) is 2. The third-order valence-electron chi connectivity index (χ3n) is 8.34. The van der Waals surface area contributed by atoms with E-state index in [-0.39, 0.29) is 31.0 Å². The Bertz CT molecular complexity index is 1170. The lowest BCUT2D eigenvalue weighted by Gasteiger charge is -2.33. The van der Waals surface area contributed by atoms with Crippen molar-refractivity contribution >= 4 is 28.8 Å². The Hall–Kier alpha value is -3.05. The Balaban J connectivity index is 1.45. The van der Waals surface area contributed by atoms with Gasteiger partial charge in [0.15, 0.2) is 0 Å². The fourth-order valence-electron chi connectivity index (χ4n) is 6.67. The van der Waals surface area contributed by atoms with Gasteiger partial charge in [-0.2, -0.15) is 0 Å². The van der Waals surface area contributed by atoms with Crippen molar-refractivity contribution in [3.8, 4) is 0 Å². The van der Waals surface area contributed by atoms with Gasteiger partial charge in [0.2, 0.25) is 17.7 Å². The van der Waals surface area contributed by atoms with Crippen LogP contribution in [-0.4, -0.2) is 80.2 Å². The molecular formula is C25H34N6O5. The lowest BCUT2D eigenvalue weighted by Crippen LogP contribution is -2.55. The first-order chi connectivity index (χ1) is 17.4. The molecule has 0 radical (unpaired) electrons. The molecule has 1 aromatic carbocycles. The molecule has 36 heavy (non-hydrogen) atoms. The maximum atomic E-state index is 13.9. The molecular weight excluding hydrogens is 464 g/mol. The number of aliphatic hydroxyl groups is 1. The van der Waals surface area contributed by atoms with Crippen LogP contribution in [0.3, 0.4) is 0 Å². The summed E-state index contributed by atoms with van der Waals surface area (Å²) in [6, 6.07) is 6.64. The van der Waals surface area contributed by atoms with E-state index in [2.05, 4.69) is 20.9 Å². The van der Waals surface area contributed by atoms with Gasteiger partial charge in [-0.05, 0) is 50.7 Å². The number of fused-ring (bicyclic) bond motifs is 2. The molecule has 194 valence electrons. The van der Waals surface area contributed by atoms with Crippen molar-refractivity contribution in [3.05, 3.63) is 24.3 Å². The van der Waals surface area contributed by atoms with E-state index in [1.807, 2.05) is 31.2 Å². The van der Waals surface area contributed by atoms with Crippen LogP contribution < -0.4 is 10.6 Å². The summed E-state index contributed by atoms with van der Waals surface area (Å²) >= 11 is 0. The molecule has 4 heterocycles. The zero-order chi connectivity index (χ0) is 25.5. The maximum absolute atomic E-state index is 13.9. The Morgan fingerprint density at radius 2 is 2.00 bits per heavy atom. The van der Waals surface area contributed by atoms with Crippen molar-refractivity contribution in [1.82, 2.24) is 30.5 Å². The average Bonchev–Trinajstić information content (AvgIpc) is 3.62. The summed E-state index contributed by atoms with van der Waals surface area (Å²) in [6.07, 6.45) is 3.77. The number of para-hydroxylation sites is 1. The van der Waals surface area contributed by atoms with Gasteiger partial charge in [0, 0.05) is 20.2 Å². The first kappa shape index (κ1) is 24.6. The molecule has 2 unspecified atom stereocenters. The highest BCUT2D eigenvalue weighted by molar-refractivity contribution is 5.99. The van der Waals surface area contributed by atoms with Crippen LogP contribution in [0.4, 0.5) is 0 Å². The summed E-state index contributed by atoms with van der Waals surface area (Å²) < 4.78 is 8.28. The molecule has 2 bridgehead atoms. The second-order valence-electron chi connectivity index (χ2n) is 10.0. The molecule has 11 nitrogen and oxygen atoms in total. The normalized spacial score (nSPS) is 30.7. The van der Waals surface area contributed by atoms with Crippen molar-refractivity contribution in [2.75, 3.05) is 20.2 Å². The van der Waals surface area contributed by atoms with Crippen LogP contribution in [0, 0.1) is 11.8 Å². The summed E-state index contributed by atoms with van der Waals surface area (Å²) in [5.41, 5.74) is -0.275. The topological polar surface area (TPSA) is 139 Å². The number of ether oxygens (including phenoxy) is 1. The fourth-order valence-corrected chi connectivity index (χ4v) is 6.67. The average molecular weight is 499 g/mol. The van der Waals surface area contributed by atoms with Gasteiger partial charge < -0.3 is 25.4 Å². The predicted molar refractivity (Wildman–Crippen MR) is 129 cm³/mol. The summed E-state index contributed by atoms with van der Waals surface area (Å²) in [5, 5.41) is 23.1. The lowest BCUT2D eigenvalue weighted by atomic mass is 9.65. The smallest absolute Gasteiger partial charge is 0.247 e. The van der Waals surface area contributed by atoms with Gasteiger partial charge in [0.1, 0.15) is 23.8 Å². The zero-order valence-electron chi connectivity index (χ0n) is 20.8. The molecule has 3 amide bonds. The van der Waals surface area contributed by atoms with E-state index in [0.717, 1.165) is 17.5 Å². The van der Waals surface area contributed by atoms with Crippen LogP contribution in [0.1, 0.15) is 45.4 Å². The number of nitrogens with one attached hydrogen (secondary N) is 2. The molecule has 1 aromatic heterocycles. The zero-order valence-corrected chi connectivity index (χ0v) is 20.8. The molecule has 11 heteroatoms.